The van der Waals surface area contributed by atoms with Gasteiger partial charge in [0.1, 0.15) is 0 Å². The van der Waals surface area contributed by atoms with Gasteiger partial charge in [0.2, 0.25) is 10.0 Å². The molecule has 2 N–H and O–H groups in total. The number of nitrogens with one attached hydrogen (secondary N) is 2. The summed E-state index contributed by atoms with van der Waals surface area (Å²) in [7, 11) is -0.863. The van der Waals surface area contributed by atoms with Gasteiger partial charge in [-0.15, -0.1) is 0 Å². The summed E-state index contributed by atoms with van der Waals surface area (Å²) in [4.78, 5) is 24.0. The second kappa shape index (κ2) is 7.64. The lowest BCUT2D eigenvalue weighted by atomic mass is 10.2. The third kappa shape index (κ3) is 4.56. The van der Waals surface area contributed by atoms with Crippen molar-refractivity contribution in [1.82, 2.24) is 15.2 Å². The first-order chi connectivity index (χ1) is 11.7. The van der Waals surface area contributed by atoms with Crippen molar-refractivity contribution in [2.24, 2.45) is 0 Å². The van der Waals surface area contributed by atoms with Crippen LogP contribution >= 0.6 is 11.6 Å². The first kappa shape index (κ1) is 18.9. The molecule has 0 aliphatic heterocycles. The summed E-state index contributed by atoms with van der Waals surface area (Å²) < 4.78 is 25.2. The Labute approximate surface area is 150 Å². The van der Waals surface area contributed by atoms with Gasteiger partial charge < -0.3 is 0 Å². The molecule has 132 valence electrons. The van der Waals surface area contributed by atoms with Crippen LogP contribution < -0.4 is 10.9 Å². The van der Waals surface area contributed by atoms with Gasteiger partial charge in [-0.2, -0.15) is 0 Å². The first-order valence-corrected chi connectivity index (χ1v) is 8.92. The van der Waals surface area contributed by atoms with Crippen LogP contribution in [0.25, 0.3) is 0 Å². The first-order valence-electron chi connectivity index (χ1n) is 7.10. The number of sulfonamides is 1. The zero-order valence-electron chi connectivity index (χ0n) is 13.5. The number of nitrogens with zero attached hydrogens (tertiary/aromatic N) is 1. The third-order valence-electron chi connectivity index (χ3n) is 3.27. The van der Waals surface area contributed by atoms with Crippen LogP contribution in [-0.4, -0.2) is 38.6 Å². The highest BCUT2D eigenvalue weighted by molar-refractivity contribution is 7.89. The highest BCUT2D eigenvalue weighted by Gasteiger charge is 2.19. The van der Waals surface area contributed by atoms with Crippen molar-refractivity contribution in [1.29, 1.82) is 0 Å². The monoisotopic (exact) mass is 381 g/mol. The van der Waals surface area contributed by atoms with E-state index in [4.69, 9.17) is 11.6 Å². The van der Waals surface area contributed by atoms with Crippen LogP contribution in [0.15, 0.2) is 53.4 Å². The molecule has 2 rings (SSSR count). The number of benzene rings is 2. The lowest BCUT2D eigenvalue weighted by Gasteiger charge is -2.12. The smallest absolute Gasteiger partial charge is 0.267 e. The van der Waals surface area contributed by atoms with Gasteiger partial charge in [0, 0.05) is 30.2 Å². The number of halogens is 1. The van der Waals surface area contributed by atoms with Crippen molar-refractivity contribution >= 4 is 33.4 Å². The predicted molar refractivity (Wildman–Crippen MR) is 93.7 cm³/mol. The molecular weight excluding hydrogens is 366 g/mol. The molecule has 0 spiro atoms. The molecule has 9 heteroatoms. The number of hydrogen-bond donors (Lipinski definition) is 2. The molecule has 0 saturated carbocycles. The SMILES string of the molecule is CN(C)S(=O)(=O)c1cccc(C(=O)NNC(=O)c2ccc(Cl)cc2)c1. The third-order valence-corrected chi connectivity index (χ3v) is 5.33. The molecule has 0 aliphatic rings. The summed E-state index contributed by atoms with van der Waals surface area (Å²) in [5, 5.41) is 0.486. The normalized spacial score (nSPS) is 11.2. The topological polar surface area (TPSA) is 95.6 Å². The van der Waals surface area contributed by atoms with Gasteiger partial charge >= 0.3 is 0 Å². The van der Waals surface area contributed by atoms with E-state index < -0.39 is 21.8 Å². The molecule has 0 aromatic heterocycles. The van der Waals surface area contributed by atoms with E-state index in [-0.39, 0.29) is 10.5 Å². The van der Waals surface area contributed by atoms with Crippen molar-refractivity contribution < 1.29 is 18.0 Å². The lowest BCUT2D eigenvalue weighted by Crippen LogP contribution is -2.41. The van der Waals surface area contributed by atoms with E-state index in [1.165, 1.54) is 50.5 Å². The van der Waals surface area contributed by atoms with Crippen LogP contribution in [0.5, 0.6) is 0 Å². The van der Waals surface area contributed by atoms with Crippen LogP contribution in [0.3, 0.4) is 0 Å². The van der Waals surface area contributed by atoms with Gasteiger partial charge in [0.15, 0.2) is 0 Å². The number of hydrogen-bond acceptors (Lipinski definition) is 4. The summed E-state index contributed by atoms with van der Waals surface area (Å²) in [6, 6.07) is 11.6. The van der Waals surface area contributed by atoms with Gasteiger partial charge in [0.05, 0.1) is 4.90 Å². The van der Waals surface area contributed by atoms with E-state index in [9.17, 15) is 18.0 Å². The van der Waals surface area contributed by atoms with Crippen molar-refractivity contribution in [3.8, 4) is 0 Å². The van der Waals surface area contributed by atoms with E-state index in [0.29, 0.717) is 10.6 Å². The minimum Gasteiger partial charge on any atom is -0.267 e. The molecule has 0 saturated heterocycles. The maximum absolute atomic E-state index is 12.1. The van der Waals surface area contributed by atoms with Crippen LogP contribution in [0.2, 0.25) is 5.02 Å². The average molecular weight is 382 g/mol. The number of rotatable bonds is 4. The summed E-state index contributed by atoms with van der Waals surface area (Å²) >= 11 is 5.74. The summed E-state index contributed by atoms with van der Waals surface area (Å²) in [5.74, 6) is -1.17. The van der Waals surface area contributed by atoms with E-state index in [1.54, 1.807) is 12.1 Å². The molecule has 0 fully saturated rings. The minimum atomic E-state index is -3.66. The average Bonchev–Trinajstić information content (AvgIpc) is 2.60. The van der Waals surface area contributed by atoms with E-state index in [0.717, 1.165) is 4.31 Å². The molecule has 2 amide bonds. The Balaban J connectivity index is 2.09. The second-order valence-corrected chi connectivity index (χ2v) is 7.82. The summed E-state index contributed by atoms with van der Waals surface area (Å²) in [5.41, 5.74) is 4.91. The number of hydrazine groups is 1. The van der Waals surface area contributed by atoms with Gasteiger partial charge in [-0.1, -0.05) is 17.7 Å². The quantitative estimate of drug-likeness (QED) is 0.787. The van der Waals surface area contributed by atoms with Crippen molar-refractivity contribution in [3.63, 3.8) is 0 Å². The number of carbonyl (C=O) groups excluding carboxylic acids is 2. The van der Waals surface area contributed by atoms with Gasteiger partial charge in [-0.3, -0.25) is 20.4 Å². The molecule has 2 aromatic rings. The van der Waals surface area contributed by atoms with E-state index in [2.05, 4.69) is 10.9 Å². The van der Waals surface area contributed by atoms with Gasteiger partial charge in [-0.25, -0.2) is 12.7 Å². The van der Waals surface area contributed by atoms with E-state index in [1.807, 2.05) is 0 Å². The molecule has 0 heterocycles. The maximum atomic E-state index is 12.1. The highest BCUT2D eigenvalue weighted by Crippen LogP contribution is 2.15. The molecule has 0 aliphatic carbocycles. The Morgan fingerprint density at radius 2 is 1.48 bits per heavy atom. The molecule has 2 aromatic carbocycles. The fourth-order valence-corrected chi connectivity index (χ4v) is 2.94. The summed E-state index contributed by atoms with van der Waals surface area (Å²) in [6.07, 6.45) is 0. The highest BCUT2D eigenvalue weighted by atomic mass is 35.5. The summed E-state index contributed by atoms with van der Waals surface area (Å²) in [6.45, 7) is 0. The van der Waals surface area contributed by atoms with Gasteiger partial charge in [0.25, 0.3) is 11.8 Å². The largest absolute Gasteiger partial charge is 0.269 e. The molecule has 7 nitrogen and oxygen atoms in total. The lowest BCUT2D eigenvalue weighted by molar-refractivity contribution is 0.0846. The van der Waals surface area contributed by atoms with Crippen LogP contribution in [-0.2, 0) is 10.0 Å². The van der Waals surface area contributed by atoms with Crippen molar-refractivity contribution in [2.45, 2.75) is 4.90 Å². The molecular formula is C16H16ClN3O4S. The number of amides is 2. The van der Waals surface area contributed by atoms with Crippen molar-refractivity contribution in [3.05, 3.63) is 64.7 Å². The predicted octanol–water partition coefficient (Wildman–Crippen LogP) is 1.67. The fourth-order valence-electron chi connectivity index (χ4n) is 1.87. The Morgan fingerprint density at radius 1 is 0.920 bits per heavy atom. The molecule has 0 radical (unpaired) electrons. The Hall–Kier alpha value is -2.42. The fraction of sp³-hybridized carbons (Fsp3) is 0.125. The van der Waals surface area contributed by atoms with Crippen LogP contribution in [0, 0.1) is 0 Å². The zero-order chi connectivity index (χ0) is 18.6. The van der Waals surface area contributed by atoms with Crippen LogP contribution in [0.1, 0.15) is 20.7 Å². The Bertz CT molecular complexity index is 896. The maximum Gasteiger partial charge on any atom is 0.269 e. The van der Waals surface area contributed by atoms with E-state index >= 15 is 0 Å². The van der Waals surface area contributed by atoms with Gasteiger partial charge in [-0.05, 0) is 42.5 Å². The molecule has 0 bridgehead atoms. The second-order valence-electron chi connectivity index (χ2n) is 5.23. The number of carbonyl (C=O) groups is 2. The molecule has 0 atom stereocenters. The molecule has 25 heavy (non-hydrogen) atoms. The Kier molecular flexibility index (Phi) is 5.78. The standard InChI is InChI=1S/C16H16ClN3O4S/c1-20(2)25(23,24)14-5-3-4-12(10-14)16(22)19-18-15(21)11-6-8-13(17)9-7-11/h3-10H,1-2H3,(H,18,21)(H,19,22). The Morgan fingerprint density at radius 3 is 2.04 bits per heavy atom. The van der Waals surface area contributed by atoms with Crippen LogP contribution in [0.4, 0.5) is 0 Å². The minimum absolute atomic E-state index is 0.0193. The van der Waals surface area contributed by atoms with Crippen molar-refractivity contribution in [2.75, 3.05) is 14.1 Å². The molecule has 0 unspecified atom stereocenters. The zero-order valence-corrected chi connectivity index (χ0v) is 15.1.